The van der Waals surface area contributed by atoms with Crippen molar-refractivity contribution in [3.8, 4) is 11.5 Å². The van der Waals surface area contributed by atoms with Gasteiger partial charge in [0.1, 0.15) is 5.82 Å². The lowest BCUT2D eigenvalue weighted by molar-refractivity contribution is -0.286. The predicted molar refractivity (Wildman–Crippen MR) is 127 cm³/mol. The van der Waals surface area contributed by atoms with Crippen molar-refractivity contribution in [2.45, 2.75) is 56.4 Å². The van der Waals surface area contributed by atoms with Crippen molar-refractivity contribution in [3.63, 3.8) is 0 Å². The number of alkyl halides is 2. The molecule has 0 unspecified atom stereocenters. The Labute approximate surface area is 214 Å². The molecule has 198 valence electrons. The van der Waals surface area contributed by atoms with Gasteiger partial charge in [-0.2, -0.15) is 0 Å². The quantitative estimate of drug-likeness (QED) is 0.360. The van der Waals surface area contributed by atoms with E-state index in [9.17, 15) is 28.9 Å². The summed E-state index contributed by atoms with van der Waals surface area (Å²) in [6, 6.07) is 7.96. The molecule has 1 saturated carbocycles. The summed E-state index contributed by atoms with van der Waals surface area (Å²) < 4.78 is 75.1. The number of ether oxygens (including phenoxy) is 2. The summed E-state index contributed by atoms with van der Waals surface area (Å²) in [5, 5.41) is 32.9. The molecule has 4 N–H and O–H groups in total. The number of benzene rings is 2. The number of nitrogens with one attached hydrogen (secondary N) is 1. The van der Waals surface area contributed by atoms with Crippen molar-refractivity contribution in [1.82, 2.24) is 4.57 Å². The molecule has 1 atom stereocenters. The molecule has 11 heteroatoms. The maximum absolute atomic E-state index is 15.4. The van der Waals surface area contributed by atoms with Crippen molar-refractivity contribution < 1.29 is 46.9 Å². The smallest absolute Gasteiger partial charge is 0.395 e. The molecule has 8 nitrogen and oxygen atoms in total. The summed E-state index contributed by atoms with van der Waals surface area (Å²) in [7, 11) is 0. The number of fused-ring (bicyclic) bond motifs is 2. The fourth-order valence-corrected chi connectivity index (χ4v) is 4.64. The zero-order chi connectivity index (χ0) is 29.5. The molecule has 5 rings (SSSR count). The van der Waals surface area contributed by atoms with Gasteiger partial charge in [0.2, 0.25) is 5.91 Å². The molecule has 2 heterocycles. The van der Waals surface area contributed by atoms with Crippen molar-refractivity contribution in [3.05, 3.63) is 53.5 Å². The number of aliphatic hydroxyl groups excluding tert-OH is 1. The van der Waals surface area contributed by atoms with Crippen LogP contribution in [0.3, 0.4) is 0 Å². The summed E-state index contributed by atoms with van der Waals surface area (Å²) in [5.74, 6) is -1.83. The average molecular weight is 524 g/mol. The number of aromatic nitrogens is 1. The summed E-state index contributed by atoms with van der Waals surface area (Å²) in [4.78, 5) is 13.3. The first-order valence-electron chi connectivity index (χ1n) is 13.0. The van der Waals surface area contributed by atoms with Crippen molar-refractivity contribution in [2.75, 3.05) is 18.5 Å². The zero-order valence-electron chi connectivity index (χ0n) is 22.9. The molecule has 3 aromatic rings. The third kappa shape index (κ3) is 4.41. The van der Waals surface area contributed by atoms with Crippen LogP contribution in [0.1, 0.15) is 42.1 Å². The minimum absolute atomic E-state index is 0.125. The van der Waals surface area contributed by atoms with Crippen molar-refractivity contribution in [2.24, 2.45) is 0 Å². The van der Waals surface area contributed by atoms with Crippen LogP contribution in [0.15, 0.2) is 36.4 Å². The maximum Gasteiger partial charge on any atom is 0.586 e. The highest BCUT2D eigenvalue weighted by Crippen LogP contribution is 2.52. The zero-order valence-corrected chi connectivity index (χ0v) is 19.9. The molecule has 0 bridgehead atoms. The van der Waals surface area contributed by atoms with Gasteiger partial charge in [-0.1, -0.05) is 19.9 Å². The lowest BCUT2D eigenvalue weighted by Crippen LogP contribution is -2.29. The lowest BCUT2D eigenvalue weighted by atomic mass is 9.90. The molecular weight excluding hydrogens is 493 g/mol. The van der Waals surface area contributed by atoms with Crippen LogP contribution in [0.4, 0.5) is 18.9 Å². The van der Waals surface area contributed by atoms with E-state index in [2.05, 4.69) is 14.8 Å². The molecule has 0 spiro atoms. The minimum atomic E-state index is -3.81. The van der Waals surface area contributed by atoms with E-state index in [4.69, 9.17) is 4.11 Å². The molecule has 1 aliphatic heterocycles. The fourth-order valence-electron chi connectivity index (χ4n) is 4.64. The number of nitrogens with zero attached hydrogens (tertiary/aromatic N) is 1. The van der Waals surface area contributed by atoms with Crippen LogP contribution in [0.2, 0.25) is 0 Å². The Balaban J connectivity index is 1.49. The van der Waals surface area contributed by atoms with Crippen LogP contribution in [-0.4, -0.2) is 51.3 Å². The number of carbonyl (C=O) groups is 1. The van der Waals surface area contributed by atoms with Crippen molar-refractivity contribution in [1.29, 1.82) is 0 Å². The van der Waals surface area contributed by atoms with E-state index in [0.717, 1.165) is 6.07 Å². The number of rotatable bonds is 8. The summed E-state index contributed by atoms with van der Waals surface area (Å²) >= 11 is 0. The van der Waals surface area contributed by atoms with Crippen LogP contribution in [0.5, 0.6) is 11.5 Å². The molecule has 0 saturated heterocycles. The first kappa shape index (κ1) is 21.8. The van der Waals surface area contributed by atoms with Crippen molar-refractivity contribution >= 4 is 22.5 Å². The standard InChI is InChI=1S/C26H27F3N2O6/c1-24(2,13-33)22-8-14-7-18(17(27)10-19(14)31(22)11-16(34)12-32)30-23(35)25(5-6-25)15-3-4-20-21(9-15)37-26(28,29)36-20/h3-4,7-10,16,32-34H,5-6,11-13H2,1-2H3,(H,30,35)/t16-/m1/s1/i12D2,16D. The molecule has 1 amide bonds. The Morgan fingerprint density at radius 1 is 1.22 bits per heavy atom. The van der Waals surface area contributed by atoms with E-state index in [1.165, 1.54) is 28.8 Å². The number of hydrogen-bond acceptors (Lipinski definition) is 6. The number of halogens is 3. The largest absolute Gasteiger partial charge is 0.586 e. The summed E-state index contributed by atoms with van der Waals surface area (Å²) in [5.41, 5.74) is -1.43. The number of anilines is 1. The fraction of sp³-hybridized carbons (Fsp3) is 0.423. The first-order chi connectivity index (χ1) is 18.4. The number of carbonyl (C=O) groups excluding carboxylic acids is 1. The molecule has 37 heavy (non-hydrogen) atoms. The molecule has 0 radical (unpaired) electrons. The second-order valence-corrected chi connectivity index (χ2v) is 9.97. The van der Waals surface area contributed by atoms with Crippen LogP contribution in [0.25, 0.3) is 10.9 Å². The Morgan fingerprint density at radius 2 is 1.92 bits per heavy atom. The highest BCUT2D eigenvalue weighted by atomic mass is 19.3. The van der Waals surface area contributed by atoms with E-state index in [0.29, 0.717) is 29.5 Å². The second kappa shape index (κ2) is 8.64. The molecular formula is C26H27F3N2O6. The van der Waals surface area contributed by atoms with Crippen LogP contribution < -0.4 is 14.8 Å². The first-order valence-corrected chi connectivity index (χ1v) is 11.5. The van der Waals surface area contributed by atoms with Gasteiger partial charge in [-0.3, -0.25) is 4.79 Å². The minimum Gasteiger partial charge on any atom is -0.395 e. The molecule has 1 aliphatic carbocycles. The molecule has 2 aliphatic rings. The van der Waals surface area contributed by atoms with E-state index in [-0.39, 0.29) is 29.3 Å². The summed E-state index contributed by atoms with van der Waals surface area (Å²) in [6.07, 6.45) is -6.06. The van der Waals surface area contributed by atoms with Gasteiger partial charge in [-0.25, -0.2) is 4.39 Å². The topological polar surface area (TPSA) is 113 Å². The number of hydrogen-bond donors (Lipinski definition) is 4. The van der Waals surface area contributed by atoms with Crippen LogP contribution in [-0.2, 0) is 22.2 Å². The Bertz CT molecular complexity index is 1520. The van der Waals surface area contributed by atoms with Gasteiger partial charge in [-0.05, 0) is 42.7 Å². The number of aliphatic hydroxyl groups is 3. The second-order valence-electron chi connectivity index (χ2n) is 9.97. The number of amides is 1. The van der Waals surface area contributed by atoms with E-state index >= 15 is 4.39 Å². The van der Waals surface area contributed by atoms with E-state index < -0.39 is 48.0 Å². The monoisotopic (exact) mass is 523 g/mol. The summed E-state index contributed by atoms with van der Waals surface area (Å²) in [6.45, 7) is -1.21. The molecule has 1 fully saturated rings. The van der Waals surface area contributed by atoms with Crippen LogP contribution in [0, 0.1) is 5.82 Å². The molecule has 2 aromatic carbocycles. The Hall–Kier alpha value is -3.28. The van der Waals surface area contributed by atoms with Gasteiger partial charge in [0.25, 0.3) is 0 Å². The van der Waals surface area contributed by atoms with Gasteiger partial charge in [0.15, 0.2) is 11.5 Å². The lowest BCUT2D eigenvalue weighted by Gasteiger charge is -2.25. The third-order valence-corrected chi connectivity index (χ3v) is 6.90. The van der Waals surface area contributed by atoms with Crippen LogP contribution >= 0.6 is 0 Å². The Kier molecular flexibility index (Phi) is 5.09. The third-order valence-electron chi connectivity index (χ3n) is 6.90. The van der Waals surface area contributed by atoms with Gasteiger partial charge < -0.3 is 34.7 Å². The highest BCUT2D eigenvalue weighted by molar-refractivity contribution is 6.02. The Morgan fingerprint density at radius 3 is 2.57 bits per heavy atom. The average Bonchev–Trinajstić information content (AvgIpc) is 3.50. The van der Waals surface area contributed by atoms with Gasteiger partial charge in [0, 0.05) is 22.6 Å². The normalized spacial score (nSPS) is 20.6. The van der Waals surface area contributed by atoms with Gasteiger partial charge in [0.05, 0.1) is 46.5 Å². The van der Waals surface area contributed by atoms with E-state index in [1.54, 1.807) is 19.9 Å². The predicted octanol–water partition coefficient (Wildman–Crippen LogP) is 3.40. The van der Waals surface area contributed by atoms with Gasteiger partial charge >= 0.3 is 6.29 Å². The SMILES string of the molecule is [2H]C([2H])(O)[C@]([2H])(O)Cn1c(C(C)(C)CO)cc2cc(NC(=O)C3(c4ccc5c(c4)OC(F)(F)O5)CC3)c(F)cc21. The van der Waals surface area contributed by atoms with E-state index in [1.807, 2.05) is 0 Å². The highest BCUT2D eigenvalue weighted by Gasteiger charge is 2.53. The molecule has 1 aromatic heterocycles. The van der Waals surface area contributed by atoms with Gasteiger partial charge in [-0.15, -0.1) is 8.78 Å². The maximum atomic E-state index is 15.4.